The van der Waals surface area contributed by atoms with Gasteiger partial charge in [0.05, 0.1) is 22.9 Å². The summed E-state index contributed by atoms with van der Waals surface area (Å²) in [4.78, 5) is 19.7. The summed E-state index contributed by atoms with van der Waals surface area (Å²) in [5.41, 5.74) is -0.0725. The van der Waals surface area contributed by atoms with Crippen LogP contribution in [0.25, 0.3) is 0 Å². The van der Waals surface area contributed by atoms with E-state index in [9.17, 15) is 18.0 Å². The molecule has 2 heterocycles. The molecule has 1 amide bonds. The summed E-state index contributed by atoms with van der Waals surface area (Å²) in [5.74, 6) is 0.239. The lowest BCUT2D eigenvalue weighted by Gasteiger charge is -2.10. The number of rotatable bonds is 7. The van der Waals surface area contributed by atoms with Gasteiger partial charge in [0.15, 0.2) is 0 Å². The number of thioether (sulfide) groups is 1. The van der Waals surface area contributed by atoms with E-state index in [0.717, 1.165) is 29.6 Å². The topological polar surface area (TPSA) is 64.1 Å². The highest BCUT2D eigenvalue weighted by molar-refractivity contribution is 7.99. The van der Waals surface area contributed by atoms with Crippen LogP contribution >= 0.6 is 11.8 Å². The molecule has 0 spiro atoms. The van der Waals surface area contributed by atoms with Gasteiger partial charge >= 0.3 is 6.18 Å². The number of halogens is 3. The second-order valence-electron chi connectivity index (χ2n) is 4.85. The Bertz CT molecular complexity index is 709. The zero-order chi connectivity index (χ0) is 18.3. The van der Waals surface area contributed by atoms with Gasteiger partial charge in [-0.25, -0.2) is 9.97 Å². The Balaban J connectivity index is 1.83. The number of carbonyl (C=O) groups excluding carboxylic acids is 1. The van der Waals surface area contributed by atoms with Crippen LogP contribution in [0.4, 0.5) is 13.2 Å². The average Bonchev–Trinajstić information content (AvgIpc) is 2.59. The minimum Gasteiger partial charge on any atom is -0.478 e. The molecule has 25 heavy (non-hydrogen) atoms. The molecule has 2 aromatic rings. The number of amides is 1. The van der Waals surface area contributed by atoms with Crippen LogP contribution in [0.15, 0.2) is 41.7 Å². The summed E-state index contributed by atoms with van der Waals surface area (Å²) < 4.78 is 42.7. The number of alkyl halides is 3. The maximum atomic E-state index is 12.5. The molecule has 0 fully saturated rings. The number of nitrogens with one attached hydrogen (secondary N) is 1. The lowest BCUT2D eigenvalue weighted by molar-refractivity contribution is -0.137. The van der Waals surface area contributed by atoms with Gasteiger partial charge in [0.2, 0.25) is 11.8 Å². The molecule has 0 radical (unpaired) electrons. The van der Waals surface area contributed by atoms with Crippen molar-refractivity contribution in [2.45, 2.75) is 24.7 Å². The molecule has 5 nitrogen and oxygen atoms in total. The second-order valence-corrected chi connectivity index (χ2v) is 5.84. The van der Waals surface area contributed by atoms with Crippen molar-refractivity contribution in [1.82, 2.24) is 15.3 Å². The lowest BCUT2D eigenvalue weighted by Crippen LogP contribution is -2.25. The summed E-state index contributed by atoms with van der Waals surface area (Å²) >= 11 is 1.06. The van der Waals surface area contributed by atoms with Gasteiger partial charge in [-0.3, -0.25) is 4.79 Å². The predicted molar refractivity (Wildman–Crippen MR) is 87.2 cm³/mol. The number of hydrogen-bond donors (Lipinski definition) is 1. The number of ether oxygens (including phenoxy) is 1. The minimum absolute atomic E-state index is 0.0442. The van der Waals surface area contributed by atoms with Gasteiger partial charge < -0.3 is 10.1 Å². The maximum absolute atomic E-state index is 12.5. The van der Waals surface area contributed by atoms with E-state index in [0.29, 0.717) is 17.5 Å². The predicted octanol–water partition coefficient (Wildman–Crippen LogP) is 3.30. The molecule has 0 aliphatic heterocycles. The molecular formula is C16H16F3N3O2S. The van der Waals surface area contributed by atoms with Gasteiger partial charge in [-0.1, -0.05) is 17.8 Å². The fourth-order valence-electron chi connectivity index (χ4n) is 1.84. The van der Waals surface area contributed by atoms with Crippen molar-refractivity contribution in [2.75, 3.05) is 12.4 Å². The van der Waals surface area contributed by atoms with Crippen LogP contribution < -0.4 is 10.1 Å². The van der Waals surface area contributed by atoms with E-state index in [1.165, 1.54) is 6.07 Å². The monoisotopic (exact) mass is 371 g/mol. The molecule has 0 atom stereocenters. The van der Waals surface area contributed by atoms with Crippen molar-refractivity contribution in [3.63, 3.8) is 0 Å². The Labute approximate surface area is 147 Å². The second kappa shape index (κ2) is 8.70. The van der Waals surface area contributed by atoms with Gasteiger partial charge in [0.25, 0.3) is 0 Å². The molecule has 0 aliphatic rings. The zero-order valence-corrected chi connectivity index (χ0v) is 14.2. The molecule has 0 saturated carbocycles. The first kappa shape index (κ1) is 19.0. The van der Waals surface area contributed by atoms with Gasteiger partial charge in [-0.2, -0.15) is 13.2 Å². The van der Waals surface area contributed by atoms with Crippen molar-refractivity contribution < 1.29 is 22.7 Å². The van der Waals surface area contributed by atoms with E-state index in [2.05, 4.69) is 15.3 Å². The summed E-state index contributed by atoms with van der Waals surface area (Å²) in [6.45, 7) is 2.56. The summed E-state index contributed by atoms with van der Waals surface area (Å²) in [6, 6.07) is 5.72. The average molecular weight is 371 g/mol. The van der Waals surface area contributed by atoms with Crippen molar-refractivity contribution in [3.8, 4) is 5.88 Å². The highest BCUT2D eigenvalue weighted by Crippen LogP contribution is 2.29. The summed E-state index contributed by atoms with van der Waals surface area (Å²) in [7, 11) is 0. The van der Waals surface area contributed by atoms with Gasteiger partial charge in [-0.15, -0.1) is 0 Å². The summed E-state index contributed by atoms with van der Waals surface area (Å²) in [6.07, 6.45) is -2.07. The van der Waals surface area contributed by atoms with Crippen LogP contribution in [-0.2, 0) is 17.5 Å². The van der Waals surface area contributed by atoms with Crippen molar-refractivity contribution in [3.05, 3.63) is 47.8 Å². The fourth-order valence-corrected chi connectivity index (χ4v) is 2.52. The van der Waals surface area contributed by atoms with E-state index >= 15 is 0 Å². The van der Waals surface area contributed by atoms with Gasteiger partial charge in [-0.05, 0) is 25.1 Å². The third kappa shape index (κ3) is 5.93. The van der Waals surface area contributed by atoms with Crippen LogP contribution in [0.2, 0.25) is 0 Å². The molecule has 0 saturated heterocycles. The molecule has 0 aromatic carbocycles. The van der Waals surface area contributed by atoms with Crippen LogP contribution in [0.3, 0.4) is 0 Å². The van der Waals surface area contributed by atoms with Crippen molar-refractivity contribution in [2.24, 2.45) is 0 Å². The Morgan fingerprint density at radius 1 is 1.28 bits per heavy atom. The minimum atomic E-state index is -4.42. The first-order valence-electron chi connectivity index (χ1n) is 7.39. The Morgan fingerprint density at radius 2 is 2.08 bits per heavy atom. The Morgan fingerprint density at radius 3 is 2.72 bits per heavy atom. The van der Waals surface area contributed by atoms with Crippen molar-refractivity contribution >= 4 is 17.7 Å². The van der Waals surface area contributed by atoms with Crippen LogP contribution in [0.1, 0.15) is 18.1 Å². The Hall–Kier alpha value is -2.29. The van der Waals surface area contributed by atoms with Crippen molar-refractivity contribution in [1.29, 1.82) is 0 Å². The molecule has 2 rings (SSSR count). The molecular weight excluding hydrogens is 355 g/mol. The molecule has 9 heteroatoms. The third-order valence-electron chi connectivity index (χ3n) is 3.02. The number of aromatic nitrogens is 2. The standard InChI is InChI=1S/C16H16F3N3O2S/c1-2-24-15-11(4-3-7-20-15)8-21-13(23)10-25-14-6-5-12(9-22-14)16(17,18)19/h3-7,9H,2,8,10H2,1H3,(H,21,23). The number of hydrogen-bond acceptors (Lipinski definition) is 5. The van der Waals surface area contributed by atoms with Crippen LogP contribution in [0, 0.1) is 0 Å². The van der Waals surface area contributed by atoms with E-state index < -0.39 is 11.7 Å². The first-order valence-corrected chi connectivity index (χ1v) is 8.38. The zero-order valence-electron chi connectivity index (χ0n) is 13.3. The highest BCUT2D eigenvalue weighted by Gasteiger charge is 2.30. The number of nitrogens with zero attached hydrogens (tertiary/aromatic N) is 2. The quantitative estimate of drug-likeness (QED) is 0.757. The number of carbonyl (C=O) groups is 1. The first-order chi connectivity index (χ1) is 11.9. The highest BCUT2D eigenvalue weighted by atomic mass is 32.2. The molecule has 0 unspecified atom stereocenters. The molecule has 134 valence electrons. The Kier molecular flexibility index (Phi) is 6.63. The lowest BCUT2D eigenvalue weighted by atomic mass is 10.2. The smallest absolute Gasteiger partial charge is 0.417 e. The van der Waals surface area contributed by atoms with Crippen LogP contribution in [-0.4, -0.2) is 28.2 Å². The van der Waals surface area contributed by atoms with Crippen LogP contribution in [0.5, 0.6) is 5.88 Å². The van der Waals surface area contributed by atoms with E-state index in [-0.39, 0.29) is 18.2 Å². The normalized spacial score (nSPS) is 11.2. The maximum Gasteiger partial charge on any atom is 0.417 e. The SMILES string of the molecule is CCOc1ncccc1CNC(=O)CSc1ccc(C(F)(F)F)cn1. The van der Waals surface area contributed by atoms with E-state index in [4.69, 9.17) is 4.74 Å². The largest absolute Gasteiger partial charge is 0.478 e. The van der Waals surface area contributed by atoms with E-state index in [1.54, 1.807) is 18.3 Å². The van der Waals surface area contributed by atoms with Gasteiger partial charge in [0.1, 0.15) is 0 Å². The summed E-state index contributed by atoms with van der Waals surface area (Å²) in [5, 5.41) is 3.06. The third-order valence-corrected chi connectivity index (χ3v) is 3.97. The molecule has 2 aromatic heterocycles. The van der Waals surface area contributed by atoms with Gasteiger partial charge in [0, 0.05) is 24.5 Å². The molecule has 0 aliphatic carbocycles. The number of pyridine rings is 2. The molecule has 0 bridgehead atoms. The fraction of sp³-hybridized carbons (Fsp3) is 0.312. The van der Waals surface area contributed by atoms with E-state index in [1.807, 2.05) is 6.92 Å². The molecule has 1 N–H and O–H groups in total.